The molecule has 6 heteroatoms. The van der Waals surface area contributed by atoms with Crippen molar-refractivity contribution in [3.8, 4) is 23.0 Å². The van der Waals surface area contributed by atoms with Crippen molar-refractivity contribution >= 4 is 23.6 Å². The van der Waals surface area contributed by atoms with Crippen LogP contribution >= 0.6 is 11.6 Å². The van der Waals surface area contributed by atoms with E-state index in [9.17, 15) is 4.79 Å². The quantitative estimate of drug-likeness (QED) is 0.396. The van der Waals surface area contributed by atoms with E-state index in [1.165, 1.54) is 20.3 Å². The Hall–Kier alpha value is -2.66. The van der Waals surface area contributed by atoms with Gasteiger partial charge in [-0.25, -0.2) is 4.79 Å². The van der Waals surface area contributed by atoms with Gasteiger partial charge >= 0.3 is 5.97 Å². The summed E-state index contributed by atoms with van der Waals surface area (Å²) in [4.78, 5) is 12.1. The topological polar surface area (TPSA) is 54.0 Å². The van der Waals surface area contributed by atoms with Crippen LogP contribution in [0.5, 0.6) is 23.0 Å². The fourth-order valence-electron chi connectivity index (χ4n) is 2.20. The van der Waals surface area contributed by atoms with Crippen LogP contribution in [0.2, 0.25) is 5.02 Å². The number of para-hydroxylation sites is 2. The van der Waals surface area contributed by atoms with E-state index in [0.717, 1.165) is 0 Å². The van der Waals surface area contributed by atoms with Crippen LogP contribution in [0.1, 0.15) is 19.4 Å². The number of carbonyl (C=O) groups excluding carboxylic acids is 1. The van der Waals surface area contributed by atoms with Crippen LogP contribution in [0, 0.1) is 0 Å². The summed E-state index contributed by atoms with van der Waals surface area (Å²) in [5.41, 5.74) is 0.680. The second-order valence-electron chi connectivity index (χ2n) is 5.61. The van der Waals surface area contributed by atoms with E-state index in [-0.39, 0.29) is 6.10 Å². The van der Waals surface area contributed by atoms with Gasteiger partial charge in [-0.2, -0.15) is 0 Å². The lowest BCUT2D eigenvalue weighted by Gasteiger charge is -2.15. The minimum atomic E-state index is -0.535. The molecule has 0 spiro atoms. The van der Waals surface area contributed by atoms with E-state index in [0.29, 0.717) is 33.6 Å². The lowest BCUT2D eigenvalue weighted by Crippen LogP contribution is -2.07. The molecule has 0 saturated heterocycles. The zero-order valence-electron chi connectivity index (χ0n) is 15.1. The molecule has 0 heterocycles. The summed E-state index contributed by atoms with van der Waals surface area (Å²) >= 11 is 6.27. The molecule has 0 fully saturated rings. The molecule has 0 N–H and O–H groups in total. The number of ether oxygens (including phenoxy) is 4. The summed E-state index contributed by atoms with van der Waals surface area (Å²) in [5.74, 6) is 1.25. The van der Waals surface area contributed by atoms with Crippen LogP contribution in [0.15, 0.2) is 42.5 Å². The lowest BCUT2D eigenvalue weighted by molar-refractivity contribution is -0.129. The fourth-order valence-corrected chi connectivity index (χ4v) is 2.46. The lowest BCUT2D eigenvalue weighted by atomic mass is 10.2. The van der Waals surface area contributed by atoms with Crippen LogP contribution in [0.4, 0.5) is 0 Å². The van der Waals surface area contributed by atoms with Gasteiger partial charge in [-0.15, -0.1) is 0 Å². The van der Waals surface area contributed by atoms with Crippen molar-refractivity contribution in [1.82, 2.24) is 0 Å². The molecule has 0 radical (unpaired) electrons. The van der Waals surface area contributed by atoms with Crippen molar-refractivity contribution in [1.29, 1.82) is 0 Å². The van der Waals surface area contributed by atoms with Gasteiger partial charge in [-0.1, -0.05) is 23.7 Å². The van der Waals surface area contributed by atoms with Gasteiger partial charge < -0.3 is 18.9 Å². The molecule has 0 atom stereocenters. The zero-order valence-corrected chi connectivity index (χ0v) is 15.9. The highest BCUT2D eigenvalue weighted by molar-refractivity contribution is 6.32. The Morgan fingerprint density at radius 3 is 2.31 bits per heavy atom. The standard InChI is InChI=1S/C20H21ClO5/c1-13(2)25-20-15(21)11-14(12-18(20)24-4)9-10-19(22)26-17-8-6-5-7-16(17)23-3/h5-13H,1-4H3/b10-9+. The summed E-state index contributed by atoms with van der Waals surface area (Å²) in [7, 11) is 3.04. The van der Waals surface area contributed by atoms with E-state index in [2.05, 4.69) is 0 Å². The number of hydrogen-bond acceptors (Lipinski definition) is 5. The van der Waals surface area contributed by atoms with Crippen molar-refractivity contribution in [2.45, 2.75) is 20.0 Å². The van der Waals surface area contributed by atoms with Crippen molar-refractivity contribution in [3.63, 3.8) is 0 Å². The predicted octanol–water partition coefficient (Wildman–Crippen LogP) is 4.76. The van der Waals surface area contributed by atoms with Gasteiger partial charge in [0.25, 0.3) is 0 Å². The van der Waals surface area contributed by atoms with Gasteiger partial charge in [-0.05, 0) is 49.8 Å². The molecule has 0 aromatic heterocycles. The van der Waals surface area contributed by atoms with Crippen molar-refractivity contribution in [2.75, 3.05) is 14.2 Å². The van der Waals surface area contributed by atoms with E-state index in [4.69, 9.17) is 30.5 Å². The number of hydrogen-bond donors (Lipinski definition) is 0. The molecule has 0 unspecified atom stereocenters. The van der Waals surface area contributed by atoms with Crippen LogP contribution in [-0.2, 0) is 4.79 Å². The number of rotatable bonds is 7. The maximum atomic E-state index is 12.1. The van der Waals surface area contributed by atoms with Crippen LogP contribution in [0.25, 0.3) is 6.08 Å². The highest BCUT2D eigenvalue weighted by Crippen LogP contribution is 2.37. The van der Waals surface area contributed by atoms with Crippen molar-refractivity contribution < 1.29 is 23.7 Å². The number of benzene rings is 2. The van der Waals surface area contributed by atoms with Crippen LogP contribution < -0.4 is 18.9 Å². The summed E-state index contributed by atoms with van der Waals surface area (Å²) in [6, 6.07) is 10.3. The average molecular weight is 377 g/mol. The van der Waals surface area contributed by atoms with Crippen molar-refractivity contribution in [3.05, 3.63) is 53.1 Å². The van der Waals surface area contributed by atoms with Gasteiger partial charge in [0.05, 0.1) is 25.3 Å². The SMILES string of the molecule is COc1ccccc1OC(=O)/C=C/c1cc(Cl)c(OC(C)C)c(OC)c1. The Labute approximate surface area is 158 Å². The first-order chi connectivity index (χ1) is 12.4. The zero-order chi connectivity index (χ0) is 19.1. The Kier molecular flexibility index (Phi) is 6.92. The fraction of sp³-hybridized carbons (Fsp3) is 0.250. The summed E-state index contributed by atoms with van der Waals surface area (Å²) in [5, 5.41) is 0.399. The minimum absolute atomic E-state index is 0.0429. The third kappa shape index (κ3) is 5.17. The first kappa shape index (κ1) is 19.7. The molecule has 0 amide bonds. The number of methoxy groups -OCH3 is 2. The Morgan fingerprint density at radius 1 is 1.04 bits per heavy atom. The molecular weight excluding hydrogens is 356 g/mol. The molecule has 26 heavy (non-hydrogen) atoms. The summed E-state index contributed by atoms with van der Waals surface area (Å²) < 4.78 is 21.4. The van der Waals surface area contributed by atoms with Gasteiger partial charge in [0.1, 0.15) is 0 Å². The summed E-state index contributed by atoms with van der Waals surface area (Å²) in [6.45, 7) is 3.80. The van der Waals surface area contributed by atoms with Crippen molar-refractivity contribution in [2.24, 2.45) is 0 Å². The van der Waals surface area contributed by atoms with E-state index in [1.54, 1.807) is 42.5 Å². The Balaban J connectivity index is 2.16. The average Bonchev–Trinajstić information content (AvgIpc) is 2.62. The molecule has 2 rings (SSSR count). The van der Waals surface area contributed by atoms with E-state index < -0.39 is 5.97 Å². The second-order valence-corrected chi connectivity index (χ2v) is 6.01. The molecule has 2 aromatic rings. The number of esters is 1. The maximum Gasteiger partial charge on any atom is 0.336 e. The minimum Gasteiger partial charge on any atom is -0.493 e. The van der Waals surface area contributed by atoms with Gasteiger partial charge in [0.2, 0.25) is 0 Å². The summed E-state index contributed by atoms with van der Waals surface area (Å²) in [6.07, 6.45) is 2.85. The smallest absolute Gasteiger partial charge is 0.336 e. The van der Waals surface area contributed by atoms with Gasteiger partial charge in [-0.3, -0.25) is 0 Å². The largest absolute Gasteiger partial charge is 0.493 e. The molecule has 0 aliphatic heterocycles. The van der Waals surface area contributed by atoms with Gasteiger partial charge in [0.15, 0.2) is 23.0 Å². The third-order valence-electron chi connectivity index (χ3n) is 3.30. The Bertz CT molecular complexity index is 799. The molecule has 2 aromatic carbocycles. The van der Waals surface area contributed by atoms with Crippen LogP contribution in [-0.4, -0.2) is 26.3 Å². The first-order valence-electron chi connectivity index (χ1n) is 8.01. The first-order valence-corrected chi connectivity index (χ1v) is 8.39. The molecule has 5 nitrogen and oxygen atoms in total. The molecular formula is C20H21ClO5. The normalized spacial score (nSPS) is 10.8. The molecule has 0 aliphatic carbocycles. The molecule has 0 bridgehead atoms. The second kappa shape index (κ2) is 9.15. The molecule has 0 saturated carbocycles. The van der Waals surface area contributed by atoms with E-state index in [1.807, 2.05) is 13.8 Å². The monoisotopic (exact) mass is 376 g/mol. The van der Waals surface area contributed by atoms with Gasteiger partial charge in [0, 0.05) is 6.08 Å². The highest BCUT2D eigenvalue weighted by Gasteiger charge is 2.13. The molecule has 138 valence electrons. The number of carbonyl (C=O) groups is 1. The van der Waals surface area contributed by atoms with E-state index >= 15 is 0 Å². The molecule has 0 aliphatic rings. The Morgan fingerprint density at radius 2 is 1.69 bits per heavy atom. The third-order valence-corrected chi connectivity index (χ3v) is 3.58. The maximum absolute atomic E-state index is 12.1. The number of halogens is 1. The van der Waals surface area contributed by atoms with Crippen LogP contribution in [0.3, 0.4) is 0 Å². The highest BCUT2D eigenvalue weighted by atomic mass is 35.5. The predicted molar refractivity (Wildman–Crippen MR) is 101 cm³/mol.